The summed E-state index contributed by atoms with van der Waals surface area (Å²) >= 11 is 0. The average molecular weight is 265 g/mol. The molecule has 0 saturated carbocycles. The molecule has 1 fully saturated rings. The molecule has 0 aliphatic carbocycles. The highest BCUT2D eigenvalue weighted by Gasteiger charge is 2.34. The molecule has 5 heteroatoms. The number of hydrogen-bond acceptors (Lipinski definition) is 4. The third-order valence-corrected chi connectivity index (χ3v) is 3.70. The number of unbranched alkanes of at least 4 members (excludes halogenated alkanes) is 1. The van der Waals surface area contributed by atoms with Crippen molar-refractivity contribution in [3.63, 3.8) is 0 Å². The maximum Gasteiger partial charge on any atom is 0.240 e. The van der Waals surface area contributed by atoms with Gasteiger partial charge >= 0.3 is 0 Å². The minimum atomic E-state index is -0.385. The van der Waals surface area contributed by atoms with Crippen LogP contribution in [0.1, 0.15) is 56.5 Å². The Labute approximate surface area is 114 Å². The van der Waals surface area contributed by atoms with Gasteiger partial charge in [0.05, 0.1) is 17.8 Å². The molecule has 106 valence electrons. The number of rotatable bonds is 5. The number of likely N-dealkylation sites (tertiary alicyclic amines) is 1. The molecule has 2 heterocycles. The van der Waals surface area contributed by atoms with Crippen molar-refractivity contribution in [2.75, 3.05) is 6.54 Å². The van der Waals surface area contributed by atoms with Gasteiger partial charge in [-0.3, -0.25) is 4.79 Å². The van der Waals surface area contributed by atoms with Gasteiger partial charge in [0.1, 0.15) is 0 Å². The Bertz CT molecular complexity index is 430. The van der Waals surface area contributed by atoms with Gasteiger partial charge in [0.25, 0.3) is 0 Å². The van der Waals surface area contributed by atoms with E-state index in [1.807, 2.05) is 17.9 Å². The van der Waals surface area contributed by atoms with Crippen LogP contribution in [0.3, 0.4) is 0 Å². The monoisotopic (exact) mass is 265 g/mol. The third-order valence-electron chi connectivity index (χ3n) is 3.70. The number of aryl methyl sites for hydroxylation is 1. The van der Waals surface area contributed by atoms with E-state index in [4.69, 9.17) is 10.3 Å². The molecule has 5 nitrogen and oxygen atoms in total. The number of nitrogens with two attached hydrogens (primary N) is 1. The van der Waals surface area contributed by atoms with Gasteiger partial charge in [0.2, 0.25) is 5.91 Å². The summed E-state index contributed by atoms with van der Waals surface area (Å²) in [7, 11) is 0. The predicted octanol–water partition coefficient (Wildman–Crippen LogP) is 2.16. The third kappa shape index (κ3) is 3.15. The highest BCUT2D eigenvalue weighted by Crippen LogP contribution is 2.32. The molecule has 1 saturated heterocycles. The van der Waals surface area contributed by atoms with Crippen LogP contribution in [0, 0.1) is 6.92 Å². The van der Waals surface area contributed by atoms with Crippen LogP contribution in [-0.2, 0) is 4.79 Å². The first-order chi connectivity index (χ1) is 9.13. The first kappa shape index (κ1) is 14.1. The van der Waals surface area contributed by atoms with Gasteiger partial charge in [0.15, 0.2) is 5.76 Å². The SMILES string of the molecule is CCCCC(N)C(=O)N1CCCC1c1cc(C)no1. The average Bonchev–Trinajstić information content (AvgIpc) is 3.03. The molecular formula is C14H23N3O2. The number of nitrogens with zero attached hydrogens (tertiary/aromatic N) is 2. The van der Waals surface area contributed by atoms with E-state index in [0.29, 0.717) is 0 Å². The highest BCUT2D eigenvalue weighted by molar-refractivity contribution is 5.82. The van der Waals surface area contributed by atoms with Crippen molar-refractivity contribution in [1.82, 2.24) is 10.1 Å². The molecule has 1 aliphatic heterocycles. The lowest BCUT2D eigenvalue weighted by Gasteiger charge is -2.25. The van der Waals surface area contributed by atoms with E-state index in [-0.39, 0.29) is 18.0 Å². The summed E-state index contributed by atoms with van der Waals surface area (Å²) < 4.78 is 5.30. The maximum absolute atomic E-state index is 12.4. The lowest BCUT2D eigenvalue weighted by Crippen LogP contribution is -2.43. The van der Waals surface area contributed by atoms with E-state index in [9.17, 15) is 4.79 Å². The van der Waals surface area contributed by atoms with Gasteiger partial charge in [0, 0.05) is 12.6 Å². The predicted molar refractivity (Wildman–Crippen MR) is 72.4 cm³/mol. The van der Waals surface area contributed by atoms with E-state index in [0.717, 1.165) is 50.1 Å². The van der Waals surface area contributed by atoms with Crippen LogP contribution in [0.2, 0.25) is 0 Å². The Morgan fingerprint density at radius 2 is 2.47 bits per heavy atom. The van der Waals surface area contributed by atoms with Crippen molar-refractivity contribution in [3.8, 4) is 0 Å². The van der Waals surface area contributed by atoms with Crippen LogP contribution in [0.5, 0.6) is 0 Å². The molecule has 2 rings (SSSR count). The van der Waals surface area contributed by atoms with Crippen LogP contribution < -0.4 is 5.73 Å². The molecule has 1 amide bonds. The molecular weight excluding hydrogens is 242 g/mol. The fourth-order valence-electron chi connectivity index (χ4n) is 2.63. The zero-order chi connectivity index (χ0) is 13.8. The molecule has 0 aromatic carbocycles. The van der Waals surface area contributed by atoms with Crippen LogP contribution in [0.15, 0.2) is 10.6 Å². The smallest absolute Gasteiger partial charge is 0.240 e. The quantitative estimate of drug-likeness (QED) is 0.885. The Morgan fingerprint density at radius 1 is 1.68 bits per heavy atom. The molecule has 0 bridgehead atoms. The fraction of sp³-hybridized carbons (Fsp3) is 0.714. The maximum atomic E-state index is 12.4. The largest absolute Gasteiger partial charge is 0.359 e. The van der Waals surface area contributed by atoms with Gasteiger partial charge in [-0.15, -0.1) is 0 Å². The number of aromatic nitrogens is 1. The van der Waals surface area contributed by atoms with E-state index in [1.54, 1.807) is 0 Å². The van der Waals surface area contributed by atoms with Gasteiger partial charge < -0.3 is 15.2 Å². The molecule has 1 aromatic heterocycles. The van der Waals surface area contributed by atoms with Crippen molar-refractivity contribution in [1.29, 1.82) is 0 Å². The normalized spacial score (nSPS) is 20.8. The Morgan fingerprint density at radius 3 is 3.11 bits per heavy atom. The van der Waals surface area contributed by atoms with Crippen molar-refractivity contribution in [2.24, 2.45) is 5.73 Å². The molecule has 1 aromatic rings. The highest BCUT2D eigenvalue weighted by atomic mass is 16.5. The molecule has 0 spiro atoms. The van der Waals surface area contributed by atoms with Gasteiger partial charge in [-0.25, -0.2) is 0 Å². The van der Waals surface area contributed by atoms with Gasteiger partial charge in [-0.1, -0.05) is 24.9 Å². The first-order valence-corrected chi connectivity index (χ1v) is 7.12. The number of carbonyl (C=O) groups is 1. The van der Waals surface area contributed by atoms with Gasteiger partial charge in [-0.2, -0.15) is 0 Å². The number of hydrogen-bond donors (Lipinski definition) is 1. The second kappa shape index (κ2) is 6.19. The zero-order valence-corrected chi connectivity index (χ0v) is 11.8. The van der Waals surface area contributed by atoms with Crippen molar-refractivity contribution in [2.45, 2.75) is 58.0 Å². The van der Waals surface area contributed by atoms with E-state index >= 15 is 0 Å². The second-order valence-electron chi connectivity index (χ2n) is 5.31. The lowest BCUT2D eigenvalue weighted by molar-refractivity contribution is -0.134. The summed E-state index contributed by atoms with van der Waals surface area (Å²) in [6.45, 7) is 4.76. The summed E-state index contributed by atoms with van der Waals surface area (Å²) in [5, 5.41) is 3.91. The van der Waals surface area contributed by atoms with E-state index < -0.39 is 0 Å². The summed E-state index contributed by atoms with van der Waals surface area (Å²) in [6, 6.07) is 1.54. The Hall–Kier alpha value is -1.36. The summed E-state index contributed by atoms with van der Waals surface area (Å²) in [5.74, 6) is 0.830. The minimum absolute atomic E-state index is 0.0152. The Balaban J connectivity index is 2.04. The Kier molecular flexibility index (Phi) is 4.58. The summed E-state index contributed by atoms with van der Waals surface area (Å²) in [4.78, 5) is 14.2. The molecule has 2 N–H and O–H groups in total. The molecule has 0 radical (unpaired) electrons. The van der Waals surface area contributed by atoms with Crippen molar-refractivity contribution < 1.29 is 9.32 Å². The first-order valence-electron chi connectivity index (χ1n) is 7.12. The van der Waals surface area contributed by atoms with Crippen LogP contribution in [0.4, 0.5) is 0 Å². The van der Waals surface area contributed by atoms with E-state index in [1.165, 1.54) is 0 Å². The summed E-state index contributed by atoms with van der Waals surface area (Å²) in [6.07, 6.45) is 4.74. The topological polar surface area (TPSA) is 72.4 Å². The zero-order valence-electron chi connectivity index (χ0n) is 11.8. The fourth-order valence-corrected chi connectivity index (χ4v) is 2.63. The number of carbonyl (C=O) groups excluding carboxylic acids is 1. The summed E-state index contributed by atoms with van der Waals surface area (Å²) in [5.41, 5.74) is 6.84. The van der Waals surface area contributed by atoms with E-state index in [2.05, 4.69) is 12.1 Å². The van der Waals surface area contributed by atoms with Gasteiger partial charge in [-0.05, 0) is 26.2 Å². The van der Waals surface area contributed by atoms with Crippen LogP contribution in [-0.4, -0.2) is 28.6 Å². The molecule has 2 unspecified atom stereocenters. The standard InChI is InChI=1S/C14H23N3O2/c1-3-4-6-11(15)14(18)17-8-5-7-12(17)13-9-10(2)16-19-13/h9,11-12H,3-8,15H2,1-2H3. The number of amides is 1. The lowest BCUT2D eigenvalue weighted by atomic mass is 10.1. The molecule has 19 heavy (non-hydrogen) atoms. The molecule has 1 aliphatic rings. The second-order valence-corrected chi connectivity index (χ2v) is 5.31. The minimum Gasteiger partial charge on any atom is -0.359 e. The van der Waals surface area contributed by atoms with Crippen LogP contribution >= 0.6 is 0 Å². The van der Waals surface area contributed by atoms with Crippen LogP contribution in [0.25, 0.3) is 0 Å². The molecule has 2 atom stereocenters. The van der Waals surface area contributed by atoms with Crippen molar-refractivity contribution in [3.05, 3.63) is 17.5 Å². The van der Waals surface area contributed by atoms with Crippen molar-refractivity contribution >= 4 is 5.91 Å².